The van der Waals surface area contributed by atoms with Gasteiger partial charge in [0.25, 0.3) is 0 Å². The zero-order valence-corrected chi connectivity index (χ0v) is 22.8. The van der Waals surface area contributed by atoms with Crippen molar-refractivity contribution in [2.75, 3.05) is 0 Å². The molecule has 6 aromatic carbocycles. The normalized spacial score (nSPS) is 11.4. The fourth-order valence-electron chi connectivity index (χ4n) is 5.55. The van der Waals surface area contributed by atoms with Crippen molar-refractivity contribution in [2.24, 2.45) is 0 Å². The summed E-state index contributed by atoms with van der Waals surface area (Å²) >= 11 is 1.84. The quantitative estimate of drug-likeness (QED) is 0.222. The smallest absolute Gasteiger partial charge is 0.164 e. The second-order valence-electron chi connectivity index (χ2n) is 10.1. The van der Waals surface area contributed by atoms with Gasteiger partial charge < -0.3 is 0 Å². The highest BCUT2D eigenvalue weighted by atomic mass is 32.1. The van der Waals surface area contributed by atoms with Crippen LogP contribution in [0.25, 0.3) is 76.2 Å². The Balaban J connectivity index is 1.35. The van der Waals surface area contributed by atoms with Gasteiger partial charge in [0.15, 0.2) is 17.5 Å². The van der Waals surface area contributed by atoms with Crippen molar-refractivity contribution >= 4 is 42.3 Å². The maximum Gasteiger partial charge on any atom is 0.164 e. The van der Waals surface area contributed by atoms with Crippen molar-refractivity contribution in [1.29, 1.82) is 0 Å². The molecule has 0 aliphatic carbocycles. The Bertz CT molecular complexity index is 2200. The molecule has 8 aromatic rings. The monoisotopic (exact) mass is 541 g/mol. The lowest BCUT2D eigenvalue weighted by molar-refractivity contribution is 1.08. The molecule has 41 heavy (non-hydrogen) atoms. The van der Waals surface area contributed by atoms with E-state index in [9.17, 15) is 0 Å². The van der Waals surface area contributed by atoms with Gasteiger partial charge in [0, 0.05) is 42.2 Å². The SMILES string of the molecule is c1ccc(-c2cccc(-c3nc(-c4ccccc4)nc(-c4cccc5c4ccc4c6ccccc6sc54)n3)c2)cc1. The van der Waals surface area contributed by atoms with Crippen LogP contribution in [0, 0.1) is 0 Å². The van der Waals surface area contributed by atoms with Gasteiger partial charge in [0.1, 0.15) is 0 Å². The molecule has 2 aromatic heterocycles. The number of fused-ring (bicyclic) bond motifs is 5. The summed E-state index contributed by atoms with van der Waals surface area (Å²) in [4.78, 5) is 15.1. The van der Waals surface area contributed by atoms with E-state index < -0.39 is 0 Å². The Hall–Kier alpha value is -5.19. The van der Waals surface area contributed by atoms with E-state index in [4.69, 9.17) is 15.0 Å². The number of hydrogen-bond donors (Lipinski definition) is 0. The summed E-state index contributed by atoms with van der Waals surface area (Å²) in [5, 5.41) is 4.94. The zero-order valence-electron chi connectivity index (χ0n) is 22.0. The van der Waals surface area contributed by atoms with Crippen LogP contribution in [0.2, 0.25) is 0 Å². The average molecular weight is 542 g/mol. The lowest BCUT2D eigenvalue weighted by Gasteiger charge is -2.11. The highest BCUT2D eigenvalue weighted by Crippen LogP contribution is 2.40. The molecular weight excluding hydrogens is 518 g/mol. The molecule has 0 saturated heterocycles. The van der Waals surface area contributed by atoms with E-state index in [1.165, 1.54) is 25.6 Å². The molecular formula is C37H23N3S. The van der Waals surface area contributed by atoms with Crippen LogP contribution in [0.5, 0.6) is 0 Å². The Morgan fingerprint density at radius 3 is 1.76 bits per heavy atom. The topological polar surface area (TPSA) is 38.7 Å². The standard InChI is InChI=1S/C37H23N3S/c1-3-11-24(12-4-1)26-15-9-16-27(23-26)36-38-35(25-13-5-2-6-14-25)39-37(40-36)32-19-10-18-30-28(32)21-22-31-29-17-7-8-20-33(29)41-34(30)31/h1-23H. The van der Waals surface area contributed by atoms with Crippen molar-refractivity contribution in [2.45, 2.75) is 0 Å². The predicted octanol–water partition coefficient (Wildman–Crippen LogP) is 10.1. The summed E-state index contributed by atoms with van der Waals surface area (Å²) in [5.74, 6) is 1.99. The van der Waals surface area contributed by atoms with Crippen molar-refractivity contribution in [3.63, 3.8) is 0 Å². The highest BCUT2D eigenvalue weighted by molar-refractivity contribution is 7.26. The molecule has 0 atom stereocenters. The van der Waals surface area contributed by atoms with Gasteiger partial charge in [-0.25, -0.2) is 15.0 Å². The number of rotatable bonds is 4. The van der Waals surface area contributed by atoms with Gasteiger partial charge in [0.2, 0.25) is 0 Å². The molecule has 0 radical (unpaired) electrons. The number of hydrogen-bond acceptors (Lipinski definition) is 4. The number of nitrogens with zero attached hydrogens (tertiary/aromatic N) is 3. The van der Waals surface area contributed by atoms with Crippen molar-refractivity contribution < 1.29 is 0 Å². The fraction of sp³-hybridized carbons (Fsp3) is 0. The lowest BCUT2D eigenvalue weighted by Crippen LogP contribution is -2.00. The molecule has 8 rings (SSSR count). The fourth-order valence-corrected chi connectivity index (χ4v) is 6.78. The van der Waals surface area contributed by atoms with Crippen LogP contribution in [0.1, 0.15) is 0 Å². The highest BCUT2D eigenvalue weighted by Gasteiger charge is 2.16. The van der Waals surface area contributed by atoms with E-state index in [2.05, 4.69) is 103 Å². The second kappa shape index (κ2) is 9.77. The van der Waals surface area contributed by atoms with Crippen LogP contribution >= 0.6 is 11.3 Å². The second-order valence-corrected chi connectivity index (χ2v) is 11.1. The van der Waals surface area contributed by atoms with Gasteiger partial charge in [-0.2, -0.15) is 0 Å². The number of benzene rings is 6. The average Bonchev–Trinajstić information content (AvgIpc) is 3.44. The molecule has 0 aliphatic rings. The first kappa shape index (κ1) is 23.7. The lowest BCUT2D eigenvalue weighted by atomic mass is 10.0. The first-order valence-electron chi connectivity index (χ1n) is 13.6. The molecule has 4 heteroatoms. The molecule has 0 unspecified atom stereocenters. The Labute approximate surface area is 241 Å². The third kappa shape index (κ3) is 4.17. The van der Waals surface area contributed by atoms with Gasteiger partial charge in [0.05, 0.1) is 0 Å². The first-order chi connectivity index (χ1) is 20.3. The van der Waals surface area contributed by atoms with E-state index in [-0.39, 0.29) is 0 Å². The van der Waals surface area contributed by atoms with Gasteiger partial charge in [-0.1, -0.05) is 127 Å². The van der Waals surface area contributed by atoms with Gasteiger partial charge in [-0.05, 0) is 28.6 Å². The first-order valence-corrected chi connectivity index (χ1v) is 14.4. The van der Waals surface area contributed by atoms with Crippen LogP contribution in [0.3, 0.4) is 0 Å². The molecule has 0 amide bonds. The van der Waals surface area contributed by atoms with Gasteiger partial charge in [-0.3, -0.25) is 0 Å². The van der Waals surface area contributed by atoms with Gasteiger partial charge in [-0.15, -0.1) is 11.3 Å². The molecule has 0 saturated carbocycles. The largest absolute Gasteiger partial charge is 0.208 e. The molecule has 0 fully saturated rings. The van der Waals surface area contributed by atoms with E-state index in [1.54, 1.807) is 0 Å². The number of thiophene rings is 1. The maximum atomic E-state index is 5.09. The van der Waals surface area contributed by atoms with E-state index >= 15 is 0 Å². The Morgan fingerprint density at radius 2 is 0.927 bits per heavy atom. The summed E-state index contributed by atoms with van der Waals surface area (Å²) < 4.78 is 2.59. The van der Waals surface area contributed by atoms with E-state index in [0.717, 1.165) is 33.2 Å². The summed E-state index contributed by atoms with van der Waals surface area (Å²) in [7, 11) is 0. The summed E-state index contributed by atoms with van der Waals surface area (Å²) in [5.41, 5.74) is 5.21. The minimum absolute atomic E-state index is 0.659. The predicted molar refractivity (Wildman–Crippen MR) is 172 cm³/mol. The van der Waals surface area contributed by atoms with Crippen LogP contribution in [-0.4, -0.2) is 15.0 Å². The Kier molecular flexibility index (Phi) is 5.64. The van der Waals surface area contributed by atoms with E-state index in [0.29, 0.717) is 17.5 Å². The maximum absolute atomic E-state index is 5.09. The molecule has 0 bridgehead atoms. The molecule has 3 nitrogen and oxygen atoms in total. The van der Waals surface area contributed by atoms with Gasteiger partial charge >= 0.3 is 0 Å². The van der Waals surface area contributed by atoms with Crippen LogP contribution < -0.4 is 0 Å². The Morgan fingerprint density at radius 1 is 0.366 bits per heavy atom. The van der Waals surface area contributed by atoms with Crippen molar-refractivity contribution in [3.8, 4) is 45.3 Å². The minimum Gasteiger partial charge on any atom is -0.208 e. The molecule has 2 heterocycles. The molecule has 0 spiro atoms. The third-order valence-electron chi connectivity index (χ3n) is 7.54. The van der Waals surface area contributed by atoms with Crippen LogP contribution in [0.4, 0.5) is 0 Å². The van der Waals surface area contributed by atoms with E-state index in [1.807, 2.05) is 47.7 Å². The summed E-state index contributed by atoms with van der Waals surface area (Å²) in [6, 6.07) is 48.5. The molecule has 0 aliphatic heterocycles. The zero-order chi connectivity index (χ0) is 27.2. The van der Waals surface area contributed by atoms with Crippen LogP contribution in [0.15, 0.2) is 140 Å². The van der Waals surface area contributed by atoms with Crippen LogP contribution in [-0.2, 0) is 0 Å². The molecule has 0 N–H and O–H groups in total. The minimum atomic E-state index is 0.659. The van der Waals surface area contributed by atoms with Crippen molar-refractivity contribution in [1.82, 2.24) is 15.0 Å². The van der Waals surface area contributed by atoms with Crippen molar-refractivity contribution in [3.05, 3.63) is 140 Å². The third-order valence-corrected chi connectivity index (χ3v) is 8.76. The summed E-state index contributed by atoms with van der Waals surface area (Å²) in [6.07, 6.45) is 0. The number of aromatic nitrogens is 3. The summed E-state index contributed by atoms with van der Waals surface area (Å²) in [6.45, 7) is 0. The molecule has 192 valence electrons.